The van der Waals surface area contributed by atoms with Gasteiger partial charge in [-0.3, -0.25) is 4.79 Å². The minimum Gasteiger partial charge on any atom is -0.497 e. The van der Waals surface area contributed by atoms with Crippen LogP contribution in [-0.2, 0) is 22.2 Å². The van der Waals surface area contributed by atoms with E-state index in [4.69, 9.17) is 4.74 Å². The molecule has 0 aliphatic heterocycles. The van der Waals surface area contributed by atoms with Gasteiger partial charge in [0.05, 0.1) is 19.1 Å². The van der Waals surface area contributed by atoms with E-state index in [1.165, 1.54) is 0 Å². The van der Waals surface area contributed by atoms with Gasteiger partial charge in [-0.25, -0.2) is 0 Å². The zero-order valence-electron chi connectivity index (χ0n) is 15.8. The third-order valence-corrected chi connectivity index (χ3v) is 7.35. The monoisotopic (exact) mass is 385 g/mol. The normalized spacial score (nSPS) is 23.6. The summed E-state index contributed by atoms with van der Waals surface area (Å²) in [6.07, 6.45) is 6.46. The molecule has 0 spiro atoms. The molecule has 2 aromatic rings. The number of rotatable bonds is 5. The first-order valence-electron chi connectivity index (χ1n) is 9.79. The van der Waals surface area contributed by atoms with Gasteiger partial charge in [0.15, 0.2) is 0 Å². The van der Waals surface area contributed by atoms with E-state index in [-0.39, 0.29) is 12.5 Å². The van der Waals surface area contributed by atoms with E-state index in [0.717, 1.165) is 60.3 Å². The Bertz CT molecular complexity index is 811. The van der Waals surface area contributed by atoms with Crippen molar-refractivity contribution in [2.75, 3.05) is 13.7 Å². The lowest BCUT2D eigenvalue weighted by molar-refractivity contribution is -0.128. The molecule has 1 aromatic carbocycles. The Morgan fingerprint density at radius 3 is 2.74 bits per heavy atom. The molecule has 1 amide bonds. The Morgan fingerprint density at radius 2 is 2.04 bits per heavy atom. The van der Waals surface area contributed by atoms with Crippen LogP contribution >= 0.6 is 11.3 Å². The van der Waals surface area contributed by atoms with Crippen LogP contribution in [-0.4, -0.2) is 24.7 Å². The van der Waals surface area contributed by atoms with Crippen molar-refractivity contribution in [3.05, 3.63) is 51.7 Å². The smallest absolute Gasteiger partial charge is 0.231 e. The maximum Gasteiger partial charge on any atom is 0.231 e. The van der Waals surface area contributed by atoms with Crippen molar-refractivity contribution >= 4 is 17.2 Å². The van der Waals surface area contributed by atoms with Crippen LogP contribution in [0, 0.1) is 0 Å². The number of aliphatic hydroxyl groups is 1. The third kappa shape index (κ3) is 3.27. The summed E-state index contributed by atoms with van der Waals surface area (Å²) < 4.78 is 5.32. The molecule has 1 saturated carbocycles. The van der Waals surface area contributed by atoms with Gasteiger partial charge in [0.1, 0.15) is 11.4 Å². The second-order valence-corrected chi connectivity index (χ2v) is 8.81. The molecule has 2 aliphatic rings. The van der Waals surface area contributed by atoms with Gasteiger partial charge in [-0.05, 0) is 66.8 Å². The fourth-order valence-electron chi connectivity index (χ4n) is 4.76. The Balaban J connectivity index is 1.54. The summed E-state index contributed by atoms with van der Waals surface area (Å²) in [6, 6.07) is 9.94. The zero-order chi connectivity index (χ0) is 18.9. The highest BCUT2D eigenvalue weighted by atomic mass is 32.1. The van der Waals surface area contributed by atoms with E-state index in [2.05, 4.69) is 11.4 Å². The van der Waals surface area contributed by atoms with Crippen molar-refractivity contribution < 1.29 is 14.6 Å². The van der Waals surface area contributed by atoms with Gasteiger partial charge in [-0.1, -0.05) is 25.0 Å². The summed E-state index contributed by atoms with van der Waals surface area (Å²) in [5, 5.41) is 16.5. The summed E-state index contributed by atoms with van der Waals surface area (Å²) in [7, 11) is 1.66. The predicted molar refractivity (Wildman–Crippen MR) is 107 cm³/mol. The number of thiophene rings is 1. The van der Waals surface area contributed by atoms with Gasteiger partial charge in [0, 0.05) is 4.88 Å². The average molecular weight is 386 g/mol. The Kier molecular flexibility index (Phi) is 4.99. The molecule has 2 N–H and O–H groups in total. The topological polar surface area (TPSA) is 58.6 Å². The predicted octanol–water partition coefficient (Wildman–Crippen LogP) is 3.91. The number of carbonyl (C=O) groups is 1. The largest absolute Gasteiger partial charge is 0.497 e. The number of hydrogen-bond acceptors (Lipinski definition) is 4. The molecule has 27 heavy (non-hydrogen) atoms. The zero-order valence-corrected chi connectivity index (χ0v) is 16.6. The highest BCUT2D eigenvalue weighted by Gasteiger charge is 2.44. The number of fused-ring (bicyclic) bond motifs is 1. The van der Waals surface area contributed by atoms with E-state index in [9.17, 15) is 9.90 Å². The first kappa shape index (κ1) is 18.5. The van der Waals surface area contributed by atoms with E-state index in [0.29, 0.717) is 6.42 Å². The van der Waals surface area contributed by atoms with Crippen LogP contribution in [0.1, 0.15) is 54.5 Å². The van der Waals surface area contributed by atoms with E-state index in [1.807, 2.05) is 29.6 Å². The molecule has 1 atom stereocenters. The molecule has 1 heterocycles. The van der Waals surface area contributed by atoms with Crippen LogP contribution in [0.2, 0.25) is 0 Å². The van der Waals surface area contributed by atoms with E-state index in [1.54, 1.807) is 18.4 Å². The molecule has 0 radical (unpaired) electrons. The molecule has 2 aliphatic carbocycles. The van der Waals surface area contributed by atoms with Gasteiger partial charge >= 0.3 is 0 Å². The quantitative estimate of drug-likeness (QED) is 0.820. The van der Waals surface area contributed by atoms with Gasteiger partial charge < -0.3 is 15.2 Å². The minimum atomic E-state index is -1.01. The highest BCUT2D eigenvalue weighted by Crippen LogP contribution is 2.44. The van der Waals surface area contributed by atoms with Crippen LogP contribution < -0.4 is 10.1 Å². The number of carbonyl (C=O) groups excluding carboxylic acids is 1. The molecule has 144 valence electrons. The second-order valence-electron chi connectivity index (χ2n) is 7.86. The number of aryl methyl sites for hydroxylation is 1. The van der Waals surface area contributed by atoms with E-state index < -0.39 is 11.0 Å². The number of nitrogens with one attached hydrogen (secondary N) is 1. The first-order chi connectivity index (χ1) is 13.1. The maximum atomic E-state index is 13.2. The summed E-state index contributed by atoms with van der Waals surface area (Å²) >= 11 is 1.66. The van der Waals surface area contributed by atoms with Crippen molar-refractivity contribution in [2.45, 2.75) is 56.0 Å². The van der Waals surface area contributed by atoms with Crippen molar-refractivity contribution in [3.8, 4) is 5.75 Å². The lowest BCUT2D eigenvalue weighted by Gasteiger charge is -2.36. The van der Waals surface area contributed by atoms with Crippen molar-refractivity contribution in [2.24, 2.45) is 0 Å². The second kappa shape index (κ2) is 7.28. The summed E-state index contributed by atoms with van der Waals surface area (Å²) in [5.41, 5.74) is 0.616. The first-order valence-corrected chi connectivity index (χ1v) is 10.7. The molecule has 1 unspecified atom stereocenters. The van der Waals surface area contributed by atoms with Gasteiger partial charge in [0.25, 0.3) is 0 Å². The Morgan fingerprint density at radius 1 is 1.22 bits per heavy atom. The van der Waals surface area contributed by atoms with Crippen LogP contribution in [0.4, 0.5) is 0 Å². The highest BCUT2D eigenvalue weighted by molar-refractivity contribution is 7.10. The van der Waals surface area contributed by atoms with Crippen LogP contribution in [0.25, 0.3) is 0 Å². The standard InChI is InChI=1S/C22H27NO3S/c1-26-17-8-9-18-16(14-17)6-4-12-22(18,25)15-23-20(24)21(10-2-3-11-21)19-7-5-13-27-19/h5,7-9,13-14,25H,2-4,6,10-12,15H2,1H3,(H,23,24). The molecule has 5 heteroatoms. The molecular formula is C22H27NO3S. The maximum absolute atomic E-state index is 13.2. The molecule has 0 saturated heterocycles. The van der Waals surface area contributed by atoms with Crippen LogP contribution in [0.3, 0.4) is 0 Å². The lowest BCUT2D eigenvalue weighted by Crippen LogP contribution is -2.49. The number of ether oxygens (including phenoxy) is 1. The van der Waals surface area contributed by atoms with Crippen molar-refractivity contribution in [1.82, 2.24) is 5.32 Å². The SMILES string of the molecule is COc1ccc2c(c1)CCCC2(O)CNC(=O)C1(c2cccs2)CCCC1. The Hall–Kier alpha value is -1.85. The summed E-state index contributed by atoms with van der Waals surface area (Å²) in [6.45, 7) is 0.262. The van der Waals surface area contributed by atoms with Gasteiger partial charge in [-0.15, -0.1) is 11.3 Å². The molecule has 4 nitrogen and oxygen atoms in total. The molecule has 0 bridgehead atoms. The number of hydrogen-bond donors (Lipinski definition) is 2. The molecule has 1 aromatic heterocycles. The number of benzene rings is 1. The summed E-state index contributed by atoms with van der Waals surface area (Å²) in [5.74, 6) is 0.876. The number of methoxy groups -OCH3 is 1. The number of amides is 1. The molecule has 4 rings (SSSR count). The molecular weight excluding hydrogens is 358 g/mol. The van der Waals surface area contributed by atoms with Gasteiger partial charge in [0.2, 0.25) is 5.91 Å². The lowest BCUT2D eigenvalue weighted by atomic mass is 9.78. The summed E-state index contributed by atoms with van der Waals surface area (Å²) in [4.78, 5) is 14.4. The van der Waals surface area contributed by atoms with E-state index >= 15 is 0 Å². The fourth-order valence-corrected chi connectivity index (χ4v) is 5.74. The molecule has 1 fully saturated rings. The van der Waals surface area contributed by atoms with Crippen molar-refractivity contribution in [1.29, 1.82) is 0 Å². The Labute approximate surface area is 164 Å². The average Bonchev–Trinajstić information content (AvgIpc) is 3.38. The van der Waals surface area contributed by atoms with Gasteiger partial charge in [-0.2, -0.15) is 0 Å². The third-order valence-electron chi connectivity index (χ3n) is 6.28. The van der Waals surface area contributed by atoms with Crippen LogP contribution in [0.15, 0.2) is 35.7 Å². The van der Waals surface area contributed by atoms with Crippen LogP contribution in [0.5, 0.6) is 5.75 Å². The van der Waals surface area contributed by atoms with Crippen molar-refractivity contribution in [3.63, 3.8) is 0 Å². The minimum absolute atomic E-state index is 0.0662. The fraction of sp³-hybridized carbons (Fsp3) is 0.500.